The lowest BCUT2D eigenvalue weighted by molar-refractivity contribution is -0.116. The number of halogens is 1. The van der Waals surface area contributed by atoms with Crippen molar-refractivity contribution in [1.82, 2.24) is 0 Å². The van der Waals surface area contributed by atoms with E-state index in [1.54, 1.807) is 0 Å². The van der Waals surface area contributed by atoms with E-state index in [2.05, 4.69) is 10.6 Å². The Morgan fingerprint density at radius 3 is 2.57 bits per heavy atom. The van der Waals surface area contributed by atoms with E-state index in [0.717, 1.165) is 16.9 Å². The zero-order valence-electron chi connectivity index (χ0n) is 12.2. The van der Waals surface area contributed by atoms with Gasteiger partial charge in [-0.1, -0.05) is 42.8 Å². The smallest absolute Gasteiger partial charge is 0.246 e. The van der Waals surface area contributed by atoms with Gasteiger partial charge in [-0.15, -0.1) is 0 Å². The number of anilines is 2. The van der Waals surface area contributed by atoms with Gasteiger partial charge in [0, 0.05) is 16.4 Å². The van der Waals surface area contributed by atoms with Gasteiger partial charge in [-0.2, -0.15) is 0 Å². The molecule has 0 radical (unpaired) electrons. The molecular weight excluding hydrogens is 284 g/mol. The van der Waals surface area contributed by atoms with Gasteiger partial charge in [0.05, 0.1) is 0 Å². The topological polar surface area (TPSA) is 41.1 Å². The van der Waals surface area contributed by atoms with E-state index in [9.17, 15) is 4.79 Å². The summed E-state index contributed by atoms with van der Waals surface area (Å²) in [5.74, 6) is -0.0527. The first-order chi connectivity index (χ1) is 10.1. The van der Waals surface area contributed by atoms with Crippen LogP contribution in [0, 0.1) is 6.92 Å². The van der Waals surface area contributed by atoms with Gasteiger partial charge < -0.3 is 10.6 Å². The molecule has 0 saturated carbocycles. The maximum absolute atomic E-state index is 12.3. The van der Waals surface area contributed by atoms with Gasteiger partial charge >= 0.3 is 0 Å². The zero-order valence-corrected chi connectivity index (χ0v) is 12.9. The molecule has 0 aliphatic carbocycles. The normalized spacial score (nSPS) is 11.8. The van der Waals surface area contributed by atoms with Crippen molar-refractivity contribution < 1.29 is 4.79 Å². The van der Waals surface area contributed by atoms with Gasteiger partial charge in [-0.05, 0) is 43.2 Å². The maximum atomic E-state index is 12.3. The monoisotopic (exact) mass is 302 g/mol. The number of amides is 1. The summed E-state index contributed by atoms with van der Waals surface area (Å²) in [4.78, 5) is 12.3. The maximum Gasteiger partial charge on any atom is 0.246 e. The lowest BCUT2D eigenvalue weighted by atomic mass is 10.1. The molecule has 0 saturated heterocycles. The number of aryl methyl sites for hydroxylation is 1. The van der Waals surface area contributed by atoms with Crippen molar-refractivity contribution in [2.75, 3.05) is 10.6 Å². The Labute approximate surface area is 130 Å². The lowest BCUT2D eigenvalue weighted by Gasteiger charge is -2.19. The highest BCUT2D eigenvalue weighted by Gasteiger charge is 2.17. The van der Waals surface area contributed by atoms with Crippen LogP contribution in [0.25, 0.3) is 0 Å². The predicted molar refractivity (Wildman–Crippen MR) is 89.0 cm³/mol. The van der Waals surface area contributed by atoms with Crippen molar-refractivity contribution >= 4 is 28.9 Å². The SMILES string of the molecule is CC[C@@H](Nc1cc(Cl)ccc1C)C(=O)Nc1ccccc1. The Morgan fingerprint density at radius 2 is 1.90 bits per heavy atom. The fraction of sp³-hybridized carbons (Fsp3) is 0.235. The largest absolute Gasteiger partial charge is 0.373 e. The number of benzene rings is 2. The fourth-order valence-corrected chi connectivity index (χ4v) is 2.21. The third-order valence-electron chi connectivity index (χ3n) is 3.30. The van der Waals surface area contributed by atoms with Crippen LogP contribution in [0.15, 0.2) is 48.5 Å². The van der Waals surface area contributed by atoms with Crippen LogP contribution in [0.3, 0.4) is 0 Å². The molecular formula is C17H19ClN2O. The third kappa shape index (κ3) is 4.23. The number of nitrogens with one attached hydrogen (secondary N) is 2. The molecule has 4 heteroatoms. The first-order valence-electron chi connectivity index (χ1n) is 6.98. The molecule has 0 heterocycles. The van der Waals surface area contributed by atoms with Crippen molar-refractivity contribution in [2.45, 2.75) is 26.3 Å². The van der Waals surface area contributed by atoms with Crippen molar-refractivity contribution in [3.8, 4) is 0 Å². The van der Waals surface area contributed by atoms with Crippen molar-refractivity contribution in [1.29, 1.82) is 0 Å². The molecule has 110 valence electrons. The second kappa shape index (κ2) is 7.14. The lowest BCUT2D eigenvalue weighted by Crippen LogP contribution is -2.34. The molecule has 1 amide bonds. The van der Waals surface area contributed by atoms with E-state index in [1.165, 1.54) is 0 Å². The summed E-state index contributed by atoms with van der Waals surface area (Å²) in [5.41, 5.74) is 2.74. The first-order valence-corrected chi connectivity index (χ1v) is 7.36. The van der Waals surface area contributed by atoms with Gasteiger partial charge in [0.15, 0.2) is 0 Å². The van der Waals surface area contributed by atoms with Crippen LogP contribution in [-0.4, -0.2) is 11.9 Å². The van der Waals surface area contributed by atoms with Gasteiger partial charge in [0.1, 0.15) is 6.04 Å². The predicted octanol–water partition coefficient (Wildman–Crippen LogP) is 4.48. The van der Waals surface area contributed by atoms with E-state index >= 15 is 0 Å². The minimum absolute atomic E-state index is 0.0527. The van der Waals surface area contributed by atoms with Crippen LogP contribution < -0.4 is 10.6 Å². The van der Waals surface area contributed by atoms with Crippen LogP contribution in [0.4, 0.5) is 11.4 Å². The number of hydrogen-bond acceptors (Lipinski definition) is 2. The summed E-state index contributed by atoms with van der Waals surface area (Å²) in [6, 6.07) is 14.8. The summed E-state index contributed by atoms with van der Waals surface area (Å²) in [5, 5.41) is 6.83. The summed E-state index contributed by atoms with van der Waals surface area (Å²) in [6.45, 7) is 3.96. The summed E-state index contributed by atoms with van der Waals surface area (Å²) >= 11 is 6.01. The Morgan fingerprint density at radius 1 is 1.19 bits per heavy atom. The average molecular weight is 303 g/mol. The van der Waals surface area contributed by atoms with Gasteiger partial charge in [-0.25, -0.2) is 0 Å². The molecule has 0 aromatic heterocycles. The highest BCUT2D eigenvalue weighted by molar-refractivity contribution is 6.30. The molecule has 1 atom stereocenters. The van der Waals surface area contributed by atoms with Gasteiger partial charge in [0.25, 0.3) is 0 Å². The average Bonchev–Trinajstić information content (AvgIpc) is 2.49. The van der Waals surface area contributed by atoms with Crippen LogP contribution in [0.5, 0.6) is 0 Å². The zero-order chi connectivity index (χ0) is 15.2. The standard InChI is InChI=1S/C17H19ClN2O/c1-3-15(17(21)19-14-7-5-4-6-8-14)20-16-11-13(18)10-9-12(16)2/h4-11,15,20H,3H2,1-2H3,(H,19,21)/t15-/m1/s1. The van der Waals surface area contributed by atoms with E-state index in [-0.39, 0.29) is 11.9 Å². The molecule has 21 heavy (non-hydrogen) atoms. The van der Waals surface area contributed by atoms with E-state index in [1.807, 2.05) is 62.4 Å². The molecule has 2 aromatic carbocycles. The van der Waals surface area contributed by atoms with Crippen molar-refractivity contribution in [3.05, 3.63) is 59.1 Å². The van der Waals surface area contributed by atoms with Crippen molar-refractivity contribution in [2.24, 2.45) is 0 Å². The fourth-order valence-electron chi connectivity index (χ4n) is 2.04. The molecule has 0 fully saturated rings. The molecule has 0 spiro atoms. The van der Waals surface area contributed by atoms with E-state index in [0.29, 0.717) is 11.4 Å². The summed E-state index contributed by atoms with van der Waals surface area (Å²) in [7, 11) is 0. The number of hydrogen-bond donors (Lipinski definition) is 2. The van der Waals surface area contributed by atoms with Crippen LogP contribution in [0.2, 0.25) is 5.02 Å². The van der Waals surface area contributed by atoms with Gasteiger partial charge in [0.2, 0.25) is 5.91 Å². The number of carbonyl (C=O) groups is 1. The Bertz CT molecular complexity index is 613. The van der Waals surface area contributed by atoms with E-state index < -0.39 is 0 Å². The Hall–Kier alpha value is -2.00. The second-order valence-corrected chi connectivity index (χ2v) is 5.36. The van der Waals surface area contributed by atoms with Gasteiger partial charge in [-0.3, -0.25) is 4.79 Å². The molecule has 2 rings (SSSR count). The summed E-state index contributed by atoms with van der Waals surface area (Å²) < 4.78 is 0. The molecule has 0 aliphatic heterocycles. The quantitative estimate of drug-likeness (QED) is 0.855. The molecule has 0 unspecified atom stereocenters. The Balaban J connectivity index is 2.09. The highest BCUT2D eigenvalue weighted by Crippen LogP contribution is 2.21. The van der Waals surface area contributed by atoms with Crippen LogP contribution in [0.1, 0.15) is 18.9 Å². The van der Waals surface area contributed by atoms with Crippen molar-refractivity contribution in [3.63, 3.8) is 0 Å². The third-order valence-corrected chi connectivity index (χ3v) is 3.53. The highest BCUT2D eigenvalue weighted by atomic mass is 35.5. The Kier molecular flexibility index (Phi) is 5.23. The molecule has 0 aliphatic rings. The molecule has 2 aromatic rings. The van der Waals surface area contributed by atoms with Crippen LogP contribution in [-0.2, 0) is 4.79 Å². The minimum atomic E-state index is -0.303. The minimum Gasteiger partial charge on any atom is -0.373 e. The van der Waals surface area contributed by atoms with Crippen LogP contribution >= 0.6 is 11.6 Å². The molecule has 3 nitrogen and oxygen atoms in total. The molecule has 0 bridgehead atoms. The van der Waals surface area contributed by atoms with E-state index in [4.69, 9.17) is 11.6 Å². The second-order valence-electron chi connectivity index (χ2n) is 4.92. The molecule has 2 N–H and O–H groups in total. The first kappa shape index (κ1) is 15.4. The number of rotatable bonds is 5. The summed E-state index contributed by atoms with van der Waals surface area (Å²) in [6.07, 6.45) is 0.685. The number of para-hydroxylation sites is 1. The number of carbonyl (C=O) groups excluding carboxylic acids is 1.